The van der Waals surface area contributed by atoms with Gasteiger partial charge in [0.2, 0.25) is 0 Å². The Balaban J connectivity index is 1.58. The summed E-state index contributed by atoms with van der Waals surface area (Å²) in [5.74, 6) is 0.502. The fourth-order valence-corrected chi connectivity index (χ4v) is 4.05. The predicted molar refractivity (Wildman–Crippen MR) is 121 cm³/mol. The number of nitrogens with zero attached hydrogens (tertiary/aromatic N) is 1. The number of ether oxygens (including phenoxy) is 2. The summed E-state index contributed by atoms with van der Waals surface area (Å²) in [5, 5.41) is 2.78. The molecule has 3 aromatic rings. The molecule has 1 aromatic heterocycles. The lowest BCUT2D eigenvalue weighted by atomic mass is 10.3. The van der Waals surface area contributed by atoms with Gasteiger partial charge in [-0.05, 0) is 67.1 Å². The number of carbonyl (C=O) groups excluding carboxylic acids is 1. The molecule has 0 aliphatic rings. The fraction of sp³-hybridized carbons (Fsp3) is 0.182. The maximum absolute atomic E-state index is 12.7. The van der Waals surface area contributed by atoms with Crippen LogP contribution in [0.1, 0.15) is 12.5 Å². The van der Waals surface area contributed by atoms with Crippen LogP contribution in [0.5, 0.6) is 11.5 Å². The molecule has 0 radical (unpaired) electrons. The van der Waals surface area contributed by atoms with Gasteiger partial charge in [0.15, 0.2) is 6.61 Å². The van der Waals surface area contributed by atoms with E-state index in [1.807, 2.05) is 6.92 Å². The lowest BCUT2D eigenvalue weighted by Crippen LogP contribution is -2.28. The van der Waals surface area contributed by atoms with Gasteiger partial charge in [-0.1, -0.05) is 11.6 Å². The number of aromatic nitrogens is 1. The Hall–Kier alpha value is -3.30. The van der Waals surface area contributed by atoms with Crippen molar-refractivity contribution in [3.8, 4) is 11.5 Å². The Kier molecular flexibility index (Phi) is 7.91. The standard InChI is InChI=1S/C22H22ClN3O5S/c1-2-30-18-5-3-17(4-6-18)26-32(28,29)19-7-8-21(20(23)13-19)31-15-22(27)25-14-16-9-11-24-12-10-16/h3-13,26H,2,14-15H2,1H3,(H,25,27). The summed E-state index contributed by atoms with van der Waals surface area (Å²) in [5.41, 5.74) is 1.29. The van der Waals surface area contributed by atoms with E-state index in [9.17, 15) is 13.2 Å². The second-order valence-electron chi connectivity index (χ2n) is 6.58. The Morgan fingerprint density at radius 1 is 1.03 bits per heavy atom. The summed E-state index contributed by atoms with van der Waals surface area (Å²) in [6, 6.07) is 14.2. The van der Waals surface area contributed by atoms with E-state index < -0.39 is 10.0 Å². The molecule has 32 heavy (non-hydrogen) atoms. The van der Waals surface area contributed by atoms with Crippen LogP contribution in [0.3, 0.4) is 0 Å². The summed E-state index contributed by atoms with van der Waals surface area (Å²) in [6.07, 6.45) is 3.27. The summed E-state index contributed by atoms with van der Waals surface area (Å²) in [4.78, 5) is 15.9. The molecule has 0 fully saturated rings. The average molecular weight is 476 g/mol. The SMILES string of the molecule is CCOc1ccc(NS(=O)(=O)c2ccc(OCC(=O)NCc3ccncc3)c(Cl)c2)cc1. The zero-order chi connectivity index (χ0) is 23.0. The third-order valence-corrected chi connectivity index (χ3v) is 5.90. The van der Waals surface area contributed by atoms with Gasteiger partial charge in [0.1, 0.15) is 11.5 Å². The van der Waals surface area contributed by atoms with E-state index >= 15 is 0 Å². The van der Waals surface area contributed by atoms with Gasteiger partial charge in [-0.2, -0.15) is 0 Å². The lowest BCUT2D eigenvalue weighted by molar-refractivity contribution is -0.123. The third-order valence-electron chi connectivity index (χ3n) is 4.23. The molecule has 0 atom stereocenters. The molecule has 2 N–H and O–H groups in total. The first kappa shape index (κ1) is 23.4. The number of amides is 1. The lowest BCUT2D eigenvalue weighted by Gasteiger charge is -2.12. The summed E-state index contributed by atoms with van der Waals surface area (Å²) < 4.78 is 38.6. The van der Waals surface area contributed by atoms with Gasteiger partial charge in [0.05, 0.1) is 16.5 Å². The average Bonchev–Trinajstić information content (AvgIpc) is 2.79. The molecule has 1 amide bonds. The highest BCUT2D eigenvalue weighted by atomic mass is 35.5. The second kappa shape index (κ2) is 10.8. The van der Waals surface area contributed by atoms with Crippen molar-refractivity contribution in [2.24, 2.45) is 0 Å². The number of nitrogens with one attached hydrogen (secondary N) is 2. The van der Waals surface area contributed by atoms with Crippen molar-refractivity contribution in [3.63, 3.8) is 0 Å². The molecule has 0 unspecified atom stereocenters. The van der Waals surface area contributed by atoms with E-state index in [2.05, 4.69) is 15.0 Å². The Morgan fingerprint density at radius 2 is 1.75 bits per heavy atom. The number of anilines is 1. The minimum atomic E-state index is -3.86. The highest BCUT2D eigenvalue weighted by Crippen LogP contribution is 2.28. The maximum Gasteiger partial charge on any atom is 0.261 e. The first-order valence-electron chi connectivity index (χ1n) is 9.71. The molecule has 10 heteroatoms. The quantitative estimate of drug-likeness (QED) is 0.463. The molecular weight excluding hydrogens is 454 g/mol. The van der Waals surface area contributed by atoms with Crippen molar-refractivity contribution in [1.82, 2.24) is 10.3 Å². The van der Waals surface area contributed by atoms with Crippen LogP contribution in [0.4, 0.5) is 5.69 Å². The largest absolute Gasteiger partial charge is 0.494 e. The molecule has 0 saturated heterocycles. The van der Waals surface area contributed by atoms with Crippen molar-refractivity contribution in [2.75, 3.05) is 17.9 Å². The highest BCUT2D eigenvalue weighted by Gasteiger charge is 2.17. The van der Waals surface area contributed by atoms with E-state index in [1.165, 1.54) is 18.2 Å². The zero-order valence-corrected chi connectivity index (χ0v) is 18.8. The normalized spacial score (nSPS) is 10.9. The number of halogens is 1. The zero-order valence-electron chi connectivity index (χ0n) is 17.2. The molecule has 3 rings (SSSR count). The van der Waals surface area contributed by atoms with Gasteiger partial charge in [0.25, 0.3) is 15.9 Å². The fourth-order valence-electron chi connectivity index (χ4n) is 2.66. The van der Waals surface area contributed by atoms with E-state index in [1.54, 1.807) is 48.8 Å². The Labute approximate surface area is 191 Å². The molecule has 0 bridgehead atoms. The van der Waals surface area contributed by atoms with Crippen LogP contribution < -0.4 is 19.5 Å². The maximum atomic E-state index is 12.7. The first-order chi connectivity index (χ1) is 15.4. The molecule has 8 nitrogen and oxygen atoms in total. The molecule has 0 saturated carbocycles. The Morgan fingerprint density at radius 3 is 2.41 bits per heavy atom. The first-order valence-corrected chi connectivity index (χ1v) is 11.6. The van der Waals surface area contributed by atoms with Gasteiger partial charge >= 0.3 is 0 Å². The number of carbonyl (C=O) groups is 1. The van der Waals surface area contributed by atoms with Gasteiger partial charge in [-0.3, -0.25) is 14.5 Å². The number of pyridine rings is 1. The van der Waals surface area contributed by atoms with Crippen molar-refractivity contribution in [1.29, 1.82) is 0 Å². The van der Waals surface area contributed by atoms with Gasteiger partial charge in [-0.15, -0.1) is 0 Å². The number of sulfonamides is 1. The topological polar surface area (TPSA) is 107 Å². The Bertz CT molecular complexity index is 1160. The van der Waals surface area contributed by atoms with Crippen molar-refractivity contribution in [3.05, 3.63) is 77.6 Å². The molecular formula is C22H22ClN3O5S. The van der Waals surface area contributed by atoms with E-state index in [0.717, 1.165) is 5.56 Å². The van der Waals surface area contributed by atoms with Crippen LogP contribution in [0.2, 0.25) is 5.02 Å². The van der Waals surface area contributed by atoms with Crippen LogP contribution in [0, 0.1) is 0 Å². The third kappa shape index (κ3) is 6.60. The summed E-state index contributed by atoms with van der Waals surface area (Å²) in [6.45, 7) is 2.46. The number of hydrogen-bond acceptors (Lipinski definition) is 6. The molecule has 0 aliphatic heterocycles. The van der Waals surface area contributed by atoms with Crippen LogP contribution in [0.25, 0.3) is 0 Å². The van der Waals surface area contributed by atoms with Crippen LogP contribution in [-0.2, 0) is 21.4 Å². The van der Waals surface area contributed by atoms with Crippen LogP contribution in [0.15, 0.2) is 71.9 Å². The van der Waals surface area contributed by atoms with Crippen molar-refractivity contribution < 1.29 is 22.7 Å². The number of hydrogen-bond donors (Lipinski definition) is 2. The highest BCUT2D eigenvalue weighted by molar-refractivity contribution is 7.92. The van der Waals surface area contributed by atoms with E-state index in [-0.39, 0.29) is 28.2 Å². The van der Waals surface area contributed by atoms with E-state index in [4.69, 9.17) is 21.1 Å². The van der Waals surface area contributed by atoms with Crippen LogP contribution in [-0.4, -0.2) is 32.5 Å². The van der Waals surface area contributed by atoms with Gasteiger partial charge in [0, 0.05) is 24.6 Å². The molecule has 2 aromatic carbocycles. The molecule has 0 spiro atoms. The molecule has 0 aliphatic carbocycles. The molecule has 168 valence electrons. The van der Waals surface area contributed by atoms with Crippen molar-refractivity contribution in [2.45, 2.75) is 18.4 Å². The van der Waals surface area contributed by atoms with E-state index in [0.29, 0.717) is 24.6 Å². The van der Waals surface area contributed by atoms with Gasteiger partial charge < -0.3 is 14.8 Å². The predicted octanol–water partition coefficient (Wildman–Crippen LogP) is 3.63. The van der Waals surface area contributed by atoms with Crippen molar-refractivity contribution >= 4 is 33.2 Å². The smallest absolute Gasteiger partial charge is 0.261 e. The minimum absolute atomic E-state index is 0.0362. The number of rotatable bonds is 10. The minimum Gasteiger partial charge on any atom is -0.494 e. The second-order valence-corrected chi connectivity index (χ2v) is 8.67. The van der Waals surface area contributed by atoms with Gasteiger partial charge in [-0.25, -0.2) is 8.42 Å². The molecule has 1 heterocycles. The van der Waals surface area contributed by atoms with Crippen LogP contribution >= 0.6 is 11.6 Å². The monoisotopic (exact) mass is 475 g/mol. The number of benzene rings is 2. The summed E-state index contributed by atoms with van der Waals surface area (Å²) in [7, 11) is -3.86. The summed E-state index contributed by atoms with van der Waals surface area (Å²) >= 11 is 6.18.